The van der Waals surface area contributed by atoms with Gasteiger partial charge in [-0.05, 0) is 25.2 Å². The first-order valence-electron chi connectivity index (χ1n) is 4.35. The van der Waals surface area contributed by atoms with Gasteiger partial charge in [-0.15, -0.1) is 0 Å². The van der Waals surface area contributed by atoms with Gasteiger partial charge in [-0.25, -0.2) is 9.59 Å². The van der Waals surface area contributed by atoms with Crippen LogP contribution in [0.4, 0.5) is 4.79 Å². The van der Waals surface area contributed by atoms with E-state index in [-0.39, 0.29) is 12.0 Å². The second-order valence-electron chi connectivity index (χ2n) is 3.70. The van der Waals surface area contributed by atoms with Crippen molar-refractivity contribution in [2.75, 3.05) is 0 Å². The molecule has 2 aliphatic rings. The zero-order valence-electron chi connectivity index (χ0n) is 7.01. The summed E-state index contributed by atoms with van der Waals surface area (Å²) in [7, 11) is 0. The average Bonchev–Trinajstić information content (AvgIpc) is 2.60. The number of nitrogens with zero attached hydrogens (tertiary/aromatic N) is 1. The van der Waals surface area contributed by atoms with Gasteiger partial charge in [0.2, 0.25) is 0 Å². The Morgan fingerprint density at radius 1 is 1.23 bits per heavy atom. The van der Waals surface area contributed by atoms with Gasteiger partial charge >= 0.3 is 12.1 Å². The van der Waals surface area contributed by atoms with Crippen LogP contribution in [0.3, 0.4) is 0 Å². The third-order valence-electron chi connectivity index (χ3n) is 3.06. The van der Waals surface area contributed by atoms with Crippen LogP contribution in [0.1, 0.15) is 19.3 Å². The Morgan fingerprint density at radius 2 is 1.92 bits per heavy atom. The van der Waals surface area contributed by atoms with Crippen LogP contribution in [-0.2, 0) is 4.79 Å². The molecule has 72 valence electrons. The summed E-state index contributed by atoms with van der Waals surface area (Å²) in [6.07, 6.45) is 1.30. The number of carbonyl (C=O) groups is 2. The van der Waals surface area contributed by atoms with Gasteiger partial charge in [0.25, 0.3) is 0 Å². The maximum absolute atomic E-state index is 10.8. The van der Waals surface area contributed by atoms with E-state index in [0.717, 1.165) is 24.2 Å². The average molecular weight is 185 g/mol. The largest absolute Gasteiger partial charge is 0.480 e. The van der Waals surface area contributed by atoms with E-state index in [9.17, 15) is 9.59 Å². The van der Waals surface area contributed by atoms with Gasteiger partial charge in [-0.2, -0.15) is 0 Å². The standard InChI is InChI=1S/C8H11NO4/c10-7(11)6-4-1-2-5(3-4)9(6)8(12)13/h4-6H,1-3H2,(H,10,11)(H,12,13)/t4-,5+,6-/m1/s1. The molecule has 1 amide bonds. The highest BCUT2D eigenvalue weighted by molar-refractivity contribution is 5.81. The molecule has 1 saturated heterocycles. The predicted molar refractivity (Wildman–Crippen MR) is 42.4 cm³/mol. The van der Waals surface area contributed by atoms with Crippen molar-refractivity contribution in [3.05, 3.63) is 0 Å². The second kappa shape index (κ2) is 2.61. The molecule has 1 heterocycles. The van der Waals surface area contributed by atoms with Crippen molar-refractivity contribution >= 4 is 12.1 Å². The summed E-state index contributed by atoms with van der Waals surface area (Å²) < 4.78 is 0. The first kappa shape index (κ1) is 8.34. The number of fused-ring (bicyclic) bond motifs is 2. The third-order valence-corrected chi connectivity index (χ3v) is 3.06. The van der Waals surface area contributed by atoms with Crippen LogP contribution in [0, 0.1) is 5.92 Å². The highest BCUT2D eigenvalue weighted by atomic mass is 16.4. The van der Waals surface area contributed by atoms with Crippen LogP contribution in [0.2, 0.25) is 0 Å². The smallest absolute Gasteiger partial charge is 0.408 e. The van der Waals surface area contributed by atoms with Crippen molar-refractivity contribution in [3.8, 4) is 0 Å². The van der Waals surface area contributed by atoms with Crippen LogP contribution in [0.15, 0.2) is 0 Å². The van der Waals surface area contributed by atoms with Crippen LogP contribution < -0.4 is 0 Å². The van der Waals surface area contributed by atoms with Crippen molar-refractivity contribution < 1.29 is 19.8 Å². The lowest BCUT2D eigenvalue weighted by Crippen LogP contribution is -2.48. The number of piperidine rings is 1. The van der Waals surface area contributed by atoms with Crippen LogP contribution in [-0.4, -0.2) is 39.3 Å². The van der Waals surface area contributed by atoms with E-state index < -0.39 is 18.1 Å². The van der Waals surface area contributed by atoms with E-state index in [1.807, 2.05) is 0 Å². The number of amides is 1. The topological polar surface area (TPSA) is 77.8 Å². The monoisotopic (exact) mass is 185 g/mol. The number of hydrogen-bond acceptors (Lipinski definition) is 2. The lowest BCUT2D eigenvalue weighted by molar-refractivity contribution is -0.144. The van der Waals surface area contributed by atoms with Crippen LogP contribution in [0.25, 0.3) is 0 Å². The van der Waals surface area contributed by atoms with E-state index in [1.165, 1.54) is 0 Å². The molecular formula is C8H11NO4. The first-order valence-corrected chi connectivity index (χ1v) is 4.35. The van der Waals surface area contributed by atoms with E-state index in [0.29, 0.717) is 0 Å². The maximum Gasteiger partial charge on any atom is 0.408 e. The summed E-state index contributed by atoms with van der Waals surface area (Å²) >= 11 is 0. The van der Waals surface area contributed by atoms with Crippen molar-refractivity contribution in [3.63, 3.8) is 0 Å². The van der Waals surface area contributed by atoms with Crippen molar-refractivity contribution in [2.45, 2.75) is 31.3 Å². The molecule has 0 aromatic carbocycles. The molecule has 0 radical (unpaired) electrons. The molecular weight excluding hydrogens is 174 g/mol. The van der Waals surface area contributed by atoms with Crippen LogP contribution >= 0.6 is 0 Å². The Balaban J connectivity index is 2.24. The molecule has 13 heavy (non-hydrogen) atoms. The van der Waals surface area contributed by atoms with Crippen molar-refractivity contribution in [1.29, 1.82) is 0 Å². The molecule has 5 heteroatoms. The number of likely N-dealkylation sites (tertiary alicyclic amines) is 1. The molecule has 2 rings (SSSR count). The van der Waals surface area contributed by atoms with Gasteiger partial charge in [0, 0.05) is 6.04 Å². The molecule has 5 nitrogen and oxygen atoms in total. The number of aliphatic carboxylic acids is 1. The molecule has 2 fully saturated rings. The fourth-order valence-electron chi connectivity index (χ4n) is 2.58. The van der Waals surface area contributed by atoms with Gasteiger partial charge in [0.15, 0.2) is 0 Å². The normalized spacial score (nSPS) is 36.6. The molecule has 0 aromatic heterocycles. The minimum absolute atomic E-state index is 0.0404. The van der Waals surface area contributed by atoms with Gasteiger partial charge in [-0.3, -0.25) is 4.90 Å². The number of carboxylic acids is 1. The summed E-state index contributed by atoms with van der Waals surface area (Å²) in [5.74, 6) is -0.965. The quantitative estimate of drug-likeness (QED) is 0.627. The Hall–Kier alpha value is -1.26. The van der Waals surface area contributed by atoms with E-state index in [2.05, 4.69) is 0 Å². The zero-order chi connectivity index (χ0) is 9.59. The molecule has 0 spiro atoms. The van der Waals surface area contributed by atoms with Gasteiger partial charge in [0.05, 0.1) is 0 Å². The summed E-state index contributed by atoms with van der Waals surface area (Å²) in [5, 5.41) is 17.7. The number of rotatable bonds is 1. The summed E-state index contributed by atoms with van der Waals surface area (Å²) in [6, 6.07) is -0.847. The Labute approximate surface area is 75.0 Å². The van der Waals surface area contributed by atoms with E-state index in [1.54, 1.807) is 0 Å². The van der Waals surface area contributed by atoms with Crippen molar-refractivity contribution in [1.82, 2.24) is 4.90 Å². The highest BCUT2D eigenvalue weighted by Crippen LogP contribution is 2.42. The summed E-state index contributed by atoms with van der Waals surface area (Å²) in [5.41, 5.74) is 0. The second-order valence-corrected chi connectivity index (χ2v) is 3.70. The fraction of sp³-hybridized carbons (Fsp3) is 0.750. The molecule has 2 bridgehead atoms. The maximum atomic E-state index is 10.8. The Bertz CT molecular complexity index is 239. The molecule has 2 N–H and O–H groups in total. The van der Waals surface area contributed by atoms with Crippen LogP contribution in [0.5, 0.6) is 0 Å². The molecule has 0 aromatic rings. The predicted octanol–water partition coefficient (Wildman–Crippen LogP) is 0.602. The third kappa shape index (κ3) is 1.07. The molecule has 3 atom stereocenters. The summed E-state index contributed by atoms with van der Waals surface area (Å²) in [4.78, 5) is 22.7. The minimum Gasteiger partial charge on any atom is -0.480 e. The molecule has 1 aliphatic heterocycles. The summed E-state index contributed by atoms with van der Waals surface area (Å²) in [6.45, 7) is 0. The minimum atomic E-state index is -1.10. The fourth-order valence-corrected chi connectivity index (χ4v) is 2.58. The zero-order valence-corrected chi connectivity index (χ0v) is 7.01. The first-order chi connectivity index (χ1) is 6.11. The highest BCUT2D eigenvalue weighted by Gasteiger charge is 2.51. The Morgan fingerprint density at radius 3 is 2.38 bits per heavy atom. The van der Waals surface area contributed by atoms with Crippen molar-refractivity contribution in [2.24, 2.45) is 5.92 Å². The number of carboxylic acid groups (broad SMARTS) is 2. The Kier molecular flexibility index (Phi) is 1.68. The van der Waals surface area contributed by atoms with Gasteiger partial charge < -0.3 is 10.2 Å². The number of hydrogen-bond donors (Lipinski definition) is 2. The van der Waals surface area contributed by atoms with E-state index in [4.69, 9.17) is 10.2 Å². The molecule has 0 unspecified atom stereocenters. The lowest BCUT2D eigenvalue weighted by Gasteiger charge is -2.29. The van der Waals surface area contributed by atoms with E-state index >= 15 is 0 Å². The molecule has 1 saturated carbocycles. The van der Waals surface area contributed by atoms with Gasteiger partial charge in [0.1, 0.15) is 6.04 Å². The lowest BCUT2D eigenvalue weighted by atomic mass is 9.99. The SMILES string of the molecule is O=C(O)[C@H]1[C@@H]2CC[C@@H](C2)N1C(=O)O. The molecule has 1 aliphatic carbocycles. The van der Waals surface area contributed by atoms with Gasteiger partial charge in [-0.1, -0.05) is 0 Å².